The number of hydrogen-bond donors (Lipinski definition) is 0. The highest BCUT2D eigenvalue weighted by atomic mass is 16.5. The maximum absolute atomic E-state index is 5.65. The lowest BCUT2D eigenvalue weighted by Gasteiger charge is -2.46. The smallest absolute Gasteiger partial charge is 0.0635 e. The van der Waals surface area contributed by atoms with Crippen molar-refractivity contribution in [3.8, 4) is 0 Å². The Balaban J connectivity index is 1.91. The van der Waals surface area contributed by atoms with Crippen molar-refractivity contribution >= 4 is 0 Å². The monoisotopic (exact) mass is 242 g/mol. The van der Waals surface area contributed by atoms with E-state index in [0.29, 0.717) is 6.04 Å². The van der Waals surface area contributed by atoms with Crippen LogP contribution in [-0.2, 0) is 9.47 Å². The molecule has 0 aromatic carbocycles. The molecule has 0 spiro atoms. The molecule has 2 fully saturated rings. The van der Waals surface area contributed by atoms with Crippen molar-refractivity contribution in [1.29, 1.82) is 0 Å². The van der Waals surface area contributed by atoms with Crippen LogP contribution in [0.3, 0.4) is 0 Å². The summed E-state index contributed by atoms with van der Waals surface area (Å²) < 4.78 is 11.0. The minimum absolute atomic E-state index is 0.237. The second-order valence-corrected chi connectivity index (χ2v) is 6.01. The quantitative estimate of drug-likeness (QED) is 0.716. The van der Waals surface area contributed by atoms with Crippen LogP contribution in [-0.4, -0.2) is 74.0 Å². The summed E-state index contributed by atoms with van der Waals surface area (Å²) in [6, 6.07) is 0.529. The van der Waals surface area contributed by atoms with Crippen molar-refractivity contribution in [3.05, 3.63) is 0 Å². The van der Waals surface area contributed by atoms with E-state index >= 15 is 0 Å². The molecule has 2 saturated heterocycles. The van der Waals surface area contributed by atoms with Crippen LogP contribution < -0.4 is 0 Å². The largest absolute Gasteiger partial charge is 0.379 e. The average Bonchev–Trinajstić information content (AvgIpc) is 2.30. The molecule has 0 aliphatic carbocycles. The average molecular weight is 242 g/mol. The summed E-state index contributed by atoms with van der Waals surface area (Å²) in [7, 11) is 0. The molecule has 0 aromatic rings. The second-order valence-electron chi connectivity index (χ2n) is 6.01. The van der Waals surface area contributed by atoms with Crippen LogP contribution in [0.25, 0.3) is 0 Å². The fourth-order valence-electron chi connectivity index (χ4n) is 2.77. The van der Waals surface area contributed by atoms with Crippen molar-refractivity contribution in [2.75, 3.05) is 52.6 Å². The molecule has 0 aromatic heterocycles. The minimum atomic E-state index is 0.237. The van der Waals surface area contributed by atoms with Crippen molar-refractivity contribution < 1.29 is 9.47 Å². The molecule has 100 valence electrons. The normalized spacial score (nSPS) is 29.5. The van der Waals surface area contributed by atoms with Gasteiger partial charge in [0.25, 0.3) is 0 Å². The minimum Gasteiger partial charge on any atom is -0.379 e. The lowest BCUT2D eigenvalue weighted by Crippen LogP contribution is -2.58. The third kappa shape index (κ3) is 3.65. The highest BCUT2D eigenvalue weighted by Gasteiger charge is 2.32. The van der Waals surface area contributed by atoms with E-state index in [1.54, 1.807) is 0 Å². The third-order valence-corrected chi connectivity index (χ3v) is 3.66. The molecular formula is C13H26N2O2. The van der Waals surface area contributed by atoms with E-state index in [2.05, 4.69) is 30.6 Å². The van der Waals surface area contributed by atoms with Crippen LogP contribution in [0, 0.1) is 0 Å². The van der Waals surface area contributed by atoms with Gasteiger partial charge in [-0.3, -0.25) is 9.80 Å². The summed E-state index contributed by atoms with van der Waals surface area (Å²) in [5, 5.41) is 0. The third-order valence-electron chi connectivity index (χ3n) is 3.66. The van der Waals surface area contributed by atoms with E-state index in [4.69, 9.17) is 9.47 Å². The van der Waals surface area contributed by atoms with Gasteiger partial charge in [0, 0.05) is 37.8 Å². The predicted octanol–water partition coefficient (Wildman–Crippen LogP) is 0.818. The van der Waals surface area contributed by atoms with Crippen LogP contribution >= 0.6 is 0 Å². The fourth-order valence-corrected chi connectivity index (χ4v) is 2.77. The molecule has 1 unspecified atom stereocenters. The van der Waals surface area contributed by atoms with E-state index in [1.165, 1.54) is 0 Å². The Morgan fingerprint density at radius 2 is 1.65 bits per heavy atom. The van der Waals surface area contributed by atoms with Crippen LogP contribution in [0.15, 0.2) is 0 Å². The van der Waals surface area contributed by atoms with Crippen LogP contribution in [0.4, 0.5) is 0 Å². The zero-order valence-electron chi connectivity index (χ0n) is 11.4. The van der Waals surface area contributed by atoms with E-state index < -0.39 is 0 Å². The molecule has 2 rings (SSSR count). The predicted molar refractivity (Wildman–Crippen MR) is 68.3 cm³/mol. The first-order chi connectivity index (χ1) is 8.07. The Labute approximate surface area is 105 Å². The van der Waals surface area contributed by atoms with E-state index in [9.17, 15) is 0 Å². The van der Waals surface area contributed by atoms with Crippen molar-refractivity contribution in [2.24, 2.45) is 0 Å². The van der Waals surface area contributed by atoms with E-state index in [-0.39, 0.29) is 5.54 Å². The first-order valence-electron chi connectivity index (χ1n) is 6.72. The SMILES string of the molecule is CC(C)(C)N1CCOCC1CN1CCOCC1. The molecule has 2 aliphatic heterocycles. The molecule has 2 heterocycles. The Morgan fingerprint density at radius 1 is 1.00 bits per heavy atom. The van der Waals surface area contributed by atoms with Crippen LogP contribution in [0.2, 0.25) is 0 Å². The van der Waals surface area contributed by atoms with Gasteiger partial charge in [-0.2, -0.15) is 0 Å². The van der Waals surface area contributed by atoms with Gasteiger partial charge in [-0.25, -0.2) is 0 Å². The van der Waals surface area contributed by atoms with Gasteiger partial charge < -0.3 is 9.47 Å². The van der Waals surface area contributed by atoms with Gasteiger partial charge in [-0.05, 0) is 20.8 Å². The Bertz CT molecular complexity index is 234. The standard InChI is InChI=1S/C13H26N2O2/c1-13(2,3)15-6-9-17-11-12(15)10-14-4-7-16-8-5-14/h12H,4-11H2,1-3H3. The maximum Gasteiger partial charge on any atom is 0.0635 e. The summed E-state index contributed by atoms with van der Waals surface area (Å²) in [6.07, 6.45) is 0. The van der Waals surface area contributed by atoms with Crippen molar-refractivity contribution in [2.45, 2.75) is 32.4 Å². The molecule has 4 heteroatoms. The summed E-state index contributed by atoms with van der Waals surface area (Å²) in [5.74, 6) is 0. The summed E-state index contributed by atoms with van der Waals surface area (Å²) in [5.41, 5.74) is 0.237. The summed E-state index contributed by atoms with van der Waals surface area (Å²) in [4.78, 5) is 5.09. The molecular weight excluding hydrogens is 216 g/mol. The Hall–Kier alpha value is -0.160. The number of rotatable bonds is 2. The van der Waals surface area contributed by atoms with Gasteiger partial charge in [0.2, 0.25) is 0 Å². The van der Waals surface area contributed by atoms with Gasteiger partial charge in [-0.1, -0.05) is 0 Å². The first kappa shape index (κ1) is 13.3. The number of ether oxygens (including phenoxy) is 2. The molecule has 4 nitrogen and oxygen atoms in total. The lowest BCUT2D eigenvalue weighted by molar-refractivity contribution is -0.0675. The van der Waals surface area contributed by atoms with Crippen LogP contribution in [0.5, 0.6) is 0 Å². The highest BCUT2D eigenvalue weighted by molar-refractivity contribution is 4.87. The van der Waals surface area contributed by atoms with E-state index in [1.807, 2.05) is 0 Å². The second kappa shape index (κ2) is 5.65. The van der Waals surface area contributed by atoms with Crippen LogP contribution in [0.1, 0.15) is 20.8 Å². The van der Waals surface area contributed by atoms with E-state index in [0.717, 1.165) is 52.6 Å². The Kier molecular flexibility index (Phi) is 4.42. The van der Waals surface area contributed by atoms with Gasteiger partial charge in [0.15, 0.2) is 0 Å². The molecule has 0 bridgehead atoms. The molecule has 2 aliphatic rings. The number of morpholine rings is 2. The highest BCUT2D eigenvalue weighted by Crippen LogP contribution is 2.20. The Morgan fingerprint density at radius 3 is 2.29 bits per heavy atom. The van der Waals surface area contributed by atoms with Gasteiger partial charge >= 0.3 is 0 Å². The van der Waals surface area contributed by atoms with Gasteiger partial charge in [-0.15, -0.1) is 0 Å². The zero-order valence-corrected chi connectivity index (χ0v) is 11.4. The maximum atomic E-state index is 5.65. The lowest BCUT2D eigenvalue weighted by atomic mass is 10.0. The molecule has 0 amide bonds. The molecule has 17 heavy (non-hydrogen) atoms. The summed E-state index contributed by atoms with van der Waals surface area (Å²) in [6.45, 7) is 14.7. The van der Waals surface area contributed by atoms with Crippen molar-refractivity contribution in [1.82, 2.24) is 9.80 Å². The molecule has 0 radical (unpaired) electrons. The van der Waals surface area contributed by atoms with Gasteiger partial charge in [0.1, 0.15) is 0 Å². The zero-order chi connectivity index (χ0) is 12.3. The number of nitrogens with zero attached hydrogens (tertiary/aromatic N) is 2. The number of hydrogen-bond acceptors (Lipinski definition) is 4. The van der Waals surface area contributed by atoms with Crippen molar-refractivity contribution in [3.63, 3.8) is 0 Å². The fraction of sp³-hybridized carbons (Fsp3) is 1.00. The molecule has 1 atom stereocenters. The topological polar surface area (TPSA) is 24.9 Å². The molecule has 0 saturated carbocycles. The first-order valence-corrected chi connectivity index (χ1v) is 6.72. The van der Waals surface area contributed by atoms with Gasteiger partial charge in [0.05, 0.1) is 26.4 Å². The molecule has 0 N–H and O–H groups in total. The summed E-state index contributed by atoms with van der Waals surface area (Å²) >= 11 is 0.